The van der Waals surface area contributed by atoms with E-state index in [2.05, 4.69) is 10.4 Å². The molecule has 2 aromatic carbocycles. The van der Waals surface area contributed by atoms with Gasteiger partial charge in [-0.1, -0.05) is 17.7 Å². The van der Waals surface area contributed by atoms with Gasteiger partial charge in [-0.25, -0.2) is 8.42 Å². The zero-order valence-corrected chi connectivity index (χ0v) is 18.6. The molecule has 2 heterocycles. The molecule has 0 saturated carbocycles. The van der Waals surface area contributed by atoms with E-state index in [1.807, 2.05) is 56.3 Å². The Morgan fingerprint density at radius 2 is 1.87 bits per heavy atom. The van der Waals surface area contributed by atoms with Crippen molar-refractivity contribution in [1.29, 1.82) is 0 Å². The summed E-state index contributed by atoms with van der Waals surface area (Å²) in [6.45, 7) is 3.93. The second-order valence-electron chi connectivity index (χ2n) is 7.92. The molecule has 1 N–H and O–H groups in total. The number of nitrogens with one attached hydrogen (secondary N) is 1. The van der Waals surface area contributed by atoms with Crippen molar-refractivity contribution >= 4 is 21.4 Å². The SMILES string of the molecule is COc1ccc(-c2cc(C(=O)Nc3ccc(C)cc3C)nn2[C@H]2CCS(=O)(=O)C2)cc1. The van der Waals surface area contributed by atoms with Crippen LogP contribution in [0.1, 0.15) is 34.1 Å². The van der Waals surface area contributed by atoms with Crippen molar-refractivity contribution in [2.75, 3.05) is 23.9 Å². The van der Waals surface area contributed by atoms with E-state index in [0.717, 1.165) is 22.4 Å². The molecule has 0 unspecified atom stereocenters. The molecule has 1 amide bonds. The van der Waals surface area contributed by atoms with Crippen molar-refractivity contribution in [1.82, 2.24) is 9.78 Å². The first-order valence-electron chi connectivity index (χ1n) is 10.1. The standard InChI is InChI=1S/C23H25N3O4S/c1-15-4-9-20(16(2)12-15)24-23(27)21-13-22(17-5-7-19(30-3)8-6-17)26(25-21)18-10-11-31(28,29)14-18/h4-9,12-13,18H,10-11,14H2,1-3H3,(H,24,27)/t18-/m0/s1. The van der Waals surface area contributed by atoms with Gasteiger partial charge in [-0.15, -0.1) is 0 Å². The Morgan fingerprint density at radius 1 is 1.13 bits per heavy atom. The zero-order valence-electron chi connectivity index (χ0n) is 17.8. The number of methoxy groups -OCH3 is 1. The second kappa shape index (κ2) is 8.19. The molecule has 162 valence electrons. The third kappa shape index (κ3) is 4.49. The van der Waals surface area contributed by atoms with Crippen LogP contribution in [-0.4, -0.2) is 42.7 Å². The lowest BCUT2D eigenvalue weighted by Gasteiger charge is -2.13. The maximum atomic E-state index is 13.0. The predicted molar refractivity (Wildman–Crippen MR) is 120 cm³/mol. The lowest BCUT2D eigenvalue weighted by molar-refractivity contribution is 0.102. The fourth-order valence-electron chi connectivity index (χ4n) is 3.87. The van der Waals surface area contributed by atoms with Crippen LogP contribution in [0.2, 0.25) is 0 Å². The van der Waals surface area contributed by atoms with Crippen LogP contribution >= 0.6 is 0 Å². The van der Waals surface area contributed by atoms with Crippen molar-refractivity contribution in [2.24, 2.45) is 0 Å². The van der Waals surface area contributed by atoms with Crippen LogP contribution in [0.3, 0.4) is 0 Å². The minimum atomic E-state index is -3.10. The smallest absolute Gasteiger partial charge is 0.276 e. The molecule has 1 saturated heterocycles. The maximum Gasteiger partial charge on any atom is 0.276 e. The number of hydrogen-bond acceptors (Lipinski definition) is 5. The van der Waals surface area contributed by atoms with Gasteiger partial charge in [0.1, 0.15) is 5.75 Å². The first-order chi connectivity index (χ1) is 14.8. The number of aryl methyl sites for hydroxylation is 2. The van der Waals surface area contributed by atoms with Crippen LogP contribution in [0.5, 0.6) is 5.75 Å². The van der Waals surface area contributed by atoms with Gasteiger partial charge in [0.25, 0.3) is 5.91 Å². The summed E-state index contributed by atoms with van der Waals surface area (Å²) in [6, 6.07) is 14.6. The van der Waals surface area contributed by atoms with Gasteiger partial charge in [-0.05, 0) is 62.2 Å². The molecule has 3 aromatic rings. The van der Waals surface area contributed by atoms with Crippen molar-refractivity contribution in [3.05, 3.63) is 65.4 Å². The monoisotopic (exact) mass is 439 g/mol. The van der Waals surface area contributed by atoms with Crippen LogP contribution in [0, 0.1) is 13.8 Å². The Balaban J connectivity index is 1.70. The molecule has 1 fully saturated rings. The topological polar surface area (TPSA) is 90.3 Å². The van der Waals surface area contributed by atoms with E-state index >= 15 is 0 Å². The molecule has 1 aliphatic rings. The minimum absolute atomic E-state index is 0.0238. The third-order valence-corrected chi connectivity index (χ3v) is 7.29. The fourth-order valence-corrected chi connectivity index (χ4v) is 5.56. The molecule has 1 atom stereocenters. The molecular formula is C23H25N3O4S. The van der Waals surface area contributed by atoms with Gasteiger partial charge in [-0.2, -0.15) is 5.10 Å². The lowest BCUT2D eigenvalue weighted by atomic mass is 10.1. The number of rotatable bonds is 5. The summed E-state index contributed by atoms with van der Waals surface area (Å²) in [7, 11) is -1.51. The maximum absolute atomic E-state index is 13.0. The van der Waals surface area contributed by atoms with Gasteiger partial charge in [-0.3, -0.25) is 9.48 Å². The molecule has 8 heteroatoms. The first kappa shape index (κ1) is 21.1. The number of sulfone groups is 1. The zero-order chi connectivity index (χ0) is 22.2. The number of ether oxygens (including phenoxy) is 1. The molecule has 1 aliphatic heterocycles. The van der Waals surface area contributed by atoms with Crippen LogP contribution in [0.4, 0.5) is 5.69 Å². The van der Waals surface area contributed by atoms with Gasteiger partial charge in [0, 0.05) is 11.3 Å². The Morgan fingerprint density at radius 3 is 2.48 bits per heavy atom. The summed E-state index contributed by atoms with van der Waals surface area (Å²) in [5.74, 6) is 0.534. The molecule has 0 bridgehead atoms. The van der Waals surface area contributed by atoms with Crippen molar-refractivity contribution in [2.45, 2.75) is 26.3 Å². The minimum Gasteiger partial charge on any atom is -0.497 e. The van der Waals surface area contributed by atoms with E-state index in [-0.39, 0.29) is 29.1 Å². The highest BCUT2D eigenvalue weighted by molar-refractivity contribution is 7.91. The number of aromatic nitrogens is 2. The predicted octanol–water partition coefficient (Wildman–Crippen LogP) is 3.79. The number of carbonyl (C=O) groups excluding carboxylic acids is 1. The van der Waals surface area contributed by atoms with Gasteiger partial charge in [0.2, 0.25) is 0 Å². The number of carbonyl (C=O) groups is 1. The van der Waals surface area contributed by atoms with Crippen LogP contribution < -0.4 is 10.1 Å². The fraction of sp³-hybridized carbons (Fsp3) is 0.304. The van der Waals surface area contributed by atoms with Crippen LogP contribution in [-0.2, 0) is 9.84 Å². The van der Waals surface area contributed by atoms with Gasteiger partial charge >= 0.3 is 0 Å². The Hall–Kier alpha value is -3.13. The quantitative estimate of drug-likeness (QED) is 0.653. The summed E-state index contributed by atoms with van der Waals surface area (Å²) < 4.78 is 31.0. The first-order valence-corrected chi connectivity index (χ1v) is 11.9. The highest BCUT2D eigenvalue weighted by Gasteiger charge is 2.32. The Kier molecular flexibility index (Phi) is 5.58. The highest BCUT2D eigenvalue weighted by Crippen LogP contribution is 2.31. The van der Waals surface area contributed by atoms with E-state index in [0.29, 0.717) is 17.9 Å². The van der Waals surface area contributed by atoms with Crippen molar-refractivity contribution in [3.8, 4) is 17.0 Å². The number of benzene rings is 2. The van der Waals surface area contributed by atoms with E-state index in [1.165, 1.54) is 0 Å². The van der Waals surface area contributed by atoms with Gasteiger partial charge < -0.3 is 10.1 Å². The van der Waals surface area contributed by atoms with E-state index in [9.17, 15) is 13.2 Å². The Labute approximate surface area is 182 Å². The molecule has 7 nitrogen and oxygen atoms in total. The molecular weight excluding hydrogens is 414 g/mol. The summed E-state index contributed by atoms with van der Waals surface area (Å²) in [5, 5.41) is 7.45. The number of hydrogen-bond donors (Lipinski definition) is 1. The molecule has 0 spiro atoms. The Bertz CT molecular complexity index is 1230. The van der Waals surface area contributed by atoms with E-state index in [4.69, 9.17) is 4.74 Å². The van der Waals surface area contributed by atoms with Gasteiger partial charge in [0.15, 0.2) is 15.5 Å². The summed E-state index contributed by atoms with van der Waals surface area (Å²) in [6.07, 6.45) is 0.477. The average molecular weight is 440 g/mol. The molecule has 0 aliphatic carbocycles. The molecule has 4 rings (SSSR count). The number of nitrogens with zero attached hydrogens (tertiary/aromatic N) is 2. The van der Waals surface area contributed by atoms with Crippen molar-refractivity contribution < 1.29 is 17.9 Å². The van der Waals surface area contributed by atoms with E-state index < -0.39 is 9.84 Å². The number of amides is 1. The molecule has 31 heavy (non-hydrogen) atoms. The largest absolute Gasteiger partial charge is 0.497 e. The normalized spacial score (nSPS) is 17.5. The lowest BCUT2D eigenvalue weighted by Crippen LogP contribution is -2.17. The van der Waals surface area contributed by atoms with E-state index in [1.54, 1.807) is 17.9 Å². The average Bonchev–Trinajstić information content (AvgIpc) is 3.33. The molecule has 0 radical (unpaired) electrons. The summed E-state index contributed by atoms with van der Waals surface area (Å²) in [4.78, 5) is 13.0. The third-order valence-electron chi connectivity index (χ3n) is 5.54. The number of anilines is 1. The highest BCUT2D eigenvalue weighted by atomic mass is 32.2. The summed E-state index contributed by atoms with van der Waals surface area (Å²) >= 11 is 0. The van der Waals surface area contributed by atoms with Gasteiger partial charge in [0.05, 0.1) is 30.4 Å². The second-order valence-corrected chi connectivity index (χ2v) is 10.1. The van der Waals surface area contributed by atoms with Crippen molar-refractivity contribution in [3.63, 3.8) is 0 Å². The molecule has 1 aromatic heterocycles. The van der Waals surface area contributed by atoms with Crippen LogP contribution in [0.15, 0.2) is 48.5 Å². The van der Waals surface area contributed by atoms with Crippen LogP contribution in [0.25, 0.3) is 11.3 Å². The summed E-state index contributed by atoms with van der Waals surface area (Å²) in [5.41, 5.74) is 4.59.